The molecule has 0 rings (SSSR count). The van der Waals surface area contributed by atoms with E-state index < -0.39 is 17.9 Å². The summed E-state index contributed by atoms with van der Waals surface area (Å²) >= 11 is 0. The number of esters is 2. The topological polar surface area (TPSA) is 164 Å². The Labute approximate surface area is 304 Å². The first-order valence-electron chi connectivity index (χ1n) is 19.9. The van der Waals surface area contributed by atoms with Crippen LogP contribution in [0.4, 0.5) is 0 Å². The third-order valence-electron chi connectivity index (χ3n) is 8.49. The summed E-state index contributed by atoms with van der Waals surface area (Å²) in [7, 11) is 2.82. The summed E-state index contributed by atoms with van der Waals surface area (Å²) in [6, 6.07) is 0. The molecule has 10 nitrogen and oxygen atoms in total. The van der Waals surface area contributed by atoms with Crippen molar-refractivity contribution in [1.29, 1.82) is 0 Å². The van der Waals surface area contributed by atoms with Crippen LogP contribution in [0.3, 0.4) is 0 Å². The maximum Gasteiger partial charge on any atom is 0.305 e. The zero-order valence-electron chi connectivity index (χ0n) is 32.3. The molecule has 0 aliphatic rings. The second-order valence-electron chi connectivity index (χ2n) is 13.3. The molecule has 296 valence electrons. The second-order valence-corrected chi connectivity index (χ2v) is 13.3. The van der Waals surface area contributed by atoms with Crippen LogP contribution in [0.2, 0.25) is 0 Å². The van der Waals surface area contributed by atoms with Gasteiger partial charge in [0, 0.05) is 32.1 Å². The summed E-state index contributed by atoms with van der Waals surface area (Å²) in [6.45, 7) is 2.27. The van der Waals surface area contributed by atoms with Crippen LogP contribution in [0.5, 0.6) is 0 Å². The minimum Gasteiger partial charge on any atom is -0.481 e. The van der Waals surface area contributed by atoms with Crippen molar-refractivity contribution in [1.82, 2.24) is 0 Å². The first-order valence-corrected chi connectivity index (χ1v) is 19.9. The zero-order valence-corrected chi connectivity index (χ0v) is 32.3. The van der Waals surface area contributed by atoms with E-state index in [1.807, 2.05) is 0 Å². The Morgan fingerprint density at radius 2 is 0.500 bits per heavy atom. The van der Waals surface area contributed by atoms with E-state index in [0.717, 1.165) is 89.9 Å². The largest absolute Gasteiger partial charge is 0.481 e. The van der Waals surface area contributed by atoms with Gasteiger partial charge in [-0.05, 0) is 32.1 Å². The van der Waals surface area contributed by atoms with Crippen molar-refractivity contribution in [3.8, 4) is 0 Å². The minimum atomic E-state index is -0.740. The van der Waals surface area contributed by atoms with Gasteiger partial charge in [0.05, 0.1) is 14.2 Å². The number of methoxy groups -OCH3 is 2. The maximum absolute atomic E-state index is 10.8. The van der Waals surface area contributed by atoms with Gasteiger partial charge < -0.3 is 24.8 Å². The van der Waals surface area contributed by atoms with Crippen molar-refractivity contribution < 1.29 is 48.8 Å². The summed E-state index contributed by atoms with van der Waals surface area (Å²) in [5, 5.41) is 25.2. The Bertz CT molecular complexity index is 742. The molecule has 0 aromatic carbocycles. The number of carbonyl (C=O) groups excluding carboxylic acids is 2. The molecule has 0 aromatic rings. The van der Waals surface area contributed by atoms with Gasteiger partial charge in [0.25, 0.3) is 0 Å². The van der Waals surface area contributed by atoms with Gasteiger partial charge in [0.1, 0.15) is 0 Å². The lowest BCUT2D eigenvalue weighted by molar-refractivity contribution is -0.141. The quantitative estimate of drug-likeness (QED) is 0.0431. The Morgan fingerprint density at radius 3 is 0.680 bits per heavy atom. The van der Waals surface area contributed by atoms with Crippen LogP contribution in [0.15, 0.2) is 0 Å². The molecule has 3 N–H and O–H groups in total. The van der Waals surface area contributed by atoms with Crippen molar-refractivity contribution in [2.24, 2.45) is 0 Å². The van der Waals surface area contributed by atoms with Gasteiger partial charge in [-0.15, -0.1) is 0 Å². The molecule has 0 aliphatic heterocycles. The lowest BCUT2D eigenvalue weighted by Gasteiger charge is -2.03. The predicted molar refractivity (Wildman–Crippen MR) is 200 cm³/mol. The van der Waals surface area contributed by atoms with Gasteiger partial charge in [0.15, 0.2) is 0 Å². The van der Waals surface area contributed by atoms with Crippen molar-refractivity contribution in [3.63, 3.8) is 0 Å². The molecular weight excluding hydrogens is 640 g/mol. The highest BCUT2D eigenvalue weighted by atomic mass is 16.5. The molecule has 0 radical (unpaired) electrons. The number of rotatable bonds is 34. The monoisotopic (exact) mass is 717 g/mol. The number of unbranched alkanes of at least 4 members (excludes halogenated alkanes) is 24. The van der Waals surface area contributed by atoms with Crippen LogP contribution in [-0.4, -0.2) is 59.4 Å². The average molecular weight is 717 g/mol. The molecule has 0 aliphatic carbocycles. The summed E-state index contributed by atoms with van der Waals surface area (Å²) in [6.07, 6.45) is 33.2. The van der Waals surface area contributed by atoms with Crippen LogP contribution in [-0.2, 0) is 33.4 Å². The molecule has 50 heavy (non-hydrogen) atoms. The van der Waals surface area contributed by atoms with E-state index in [2.05, 4.69) is 16.4 Å². The highest BCUT2D eigenvalue weighted by molar-refractivity contribution is 5.69. The average Bonchev–Trinajstić information content (AvgIpc) is 3.08. The molecule has 0 heterocycles. The van der Waals surface area contributed by atoms with E-state index in [1.165, 1.54) is 97.7 Å². The normalized spacial score (nSPS) is 10.3. The number of carboxylic acids is 3. The summed E-state index contributed by atoms with van der Waals surface area (Å²) in [5.74, 6) is -2.40. The van der Waals surface area contributed by atoms with E-state index >= 15 is 0 Å². The van der Waals surface area contributed by atoms with Crippen molar-refractivity contribution >= 4 is 29.8 Å². The van der Waals surface area contributed by atoms with Crippen molar-refractivity contribution in [3.05, 3.63) is 0 Å². The standard InChI is InChI=1S/C18H36O2.C12H22O4.C10H18O4/c1-2-3-4-5-6-7-8-9-10-11-12-13-14-15-16-17-18(19)20;1-15-11(13)9-7-5-3-4-6-8-10-12(14)16-2;11-9(12)7-5-3-1-2-4-6-8-10(13)14/h2-17H2,1H3,(H,19,20);3-10H2,1-2H3;1-8H2,(H,11,12)(H,13,14). The fourth-order valence-electron chi connectivity index (χ4n) is 5.36. The number of hydrogen-bond donors (Lipinski definition) is 3. The molecule has 0 bridgehead atoms. The number of aliphatic carboxylic acids is 3. The number of carbonyl (C=O) groups is 5. The van der Waals surface area contributed by atoms with Crippen LogP contribution in [0.25, 0.3) is 0 Å². The lowest BCUT2D eigenvalue weighted by Crippen LogP contribution is -1.99. The third-order valence-corrected chi connectivity index (χ3v) is 8.49. The fraction of sp³-hybridized carbons (Fsp3) is 0.875. The minimum absolute atomic E-state index is 0.134. The zero-order chi connectivity index (χ0) is 37.9. The van der Waals surface area contributed by atoms with Crippen molar-refractivity contribution in [2.45, 2.75) is 212 Å². The fourth-order valence-corrected chi connectivity index (χ4v) is 5.36. The summed E-state index contributed by atoms with van der Waals surface area (Å²) < 4.78 is 9.09. The molecule has 0 atom stereocenters. The summed E-state index contributed by atoms with van der Waals surface area (Å²) in [4.78, 5) is 52.2. The van der Waals surface area contributed by atoms with Gasteiger partial charge in [-0.3, -0.25) is 24.0 Å². The van der Waals surface area contributed by atoms with E-state index in [4.69, 9.17) is 15.3 Å². The van der Waals surface area contributed by atoms with Crippen molar-refractivity contribution in [2.75, 3.05) is 14.2 Å². The van der Waals surface area contributed by atoms with Crippen LogP contribution >= 0.6 is 0 Å². The molecule has 10 heteroatoms. The Kier molecular flexibility index (Phi) is 45.9. The number of carboxylic acid groups (broad SMARTS) is 3. The first-order chi connectivity index (χ1) is 24.1. The molecule has 0 saturated heterocycles. The highest BCUT2D eigenvalue weighted by Gasteiger charge is 2.02. The van der Waals surface area contributed by atoms with Crippen LogP contribution in [0, 0.1) is 0 Å². The lowest BCUT2D eigenvalue weighted by atomic mass is 10.0. The molecule has 0 fully saturated rings. The van der Waals surface area contributed by atoms with Gasteiger partial charge in [0.2, 0.25) is 0 Å². The van der Waals surface area contributed by atoms with Crippen LogP contribution in [0.1, 0.15) is 212 Å². The molecule has 0 spiro atoms. The number of hydrogen-bond acceptors (Lipinski definition) is 7. The Morgan fingerprint density at radius 1 is 0.320 bits per heavy atom. The van der Waals surface area contributed by atoms with Gasteiger partial charge in [-0.25, -0.2) is 0 Å². The Hall–Kier alpha value is -2.65. The second kappa shape index (κ2) is 44.4. The smallest absolute Gasteiger partial charge is 0.305 e. The SMILES string of the molecule is CCCCCCCCCCCCCCCCCC(=O)O.COC(=O)CCCCCCCCC(=O)OC.O=C(O)CCCCCCCCC(=O)O. The maximum atomic E-state index is 10.8. The molecule has 0 saturated carbocycles. The molecule has 0 amide bonds. The molecule has 0 aromatic heterocycles. The third kappa shape index (κ3) is 54.8. The predicted octanol–water partition coefficient (Wildman–Crippen LogP) is 11.1. The van der Waals surface area contributed by atoms with Gasteiger partial charge in [-0.1, -0.05) is 148 Å². The van der Waals surface area contributed by atoms with E-state index in [-0.39, 0.29) is 24.8 Å². The number of ether oxygens (including phenoxy) is 2. The summed E-state index contributed by atoms with van der Waals surface area (Å²) in [5.41, 5.74) is 0. The van der Waals surface area contributed by atoms with E-state index in [9.17, 15) is 24.0 Å². The van der Waals surface area contributed by atoms with E-state index in [0.29, 0.717) is 19.3 Å². The van der Waals surface area contributed by atoms with Gasteiger partial charge >= 0.3 is 29.8 Å². The van der Waals surface area contributed by atoms with Gasteiger partial charge in [-0.2, -0.15) is 0 Å². The first kappa shape index (κ1) is 51.7. The molecular formula is C40H76O10. The van der Waals surface area contributed by atoms with E-state index in [1.54, 1.807) is 0 Å². The Balaban J connectivity index is -0.000000675. The van der Waals surface area contributed by atoms with Crippen LogP contribution < -0.4 is 0 Å². The molecule has 0 unspecified atom stereocenters. The highest BCUT2D eigenvalue weighted by Crippen LogP contribution is 2.14.